The summed E-state index contributed by atoms with van der Waals surface area (Å²) < 4.78 is 5.46. The molecule has 2 atom stereocenters. The SMILES string of the molecule is CCCCC/C=C\CCCCCCCC(=O)OCCCCCCCCCCCCCC/C=C\CCCCCCCCCCCC(=O)NC(CO)C(O)CCCCCCCCCCCC. The number of ether oxygens (including phenoxy) is 1. The third-order valence-electron chi connectivity index (χ3n) is 13.2. The van der Waals surface area contributed by atoms with Gasteiger partial charge < -0.3 is 20.3 Å². The average molecular weight is 903 g/mol. The Hall–Kier alpha value is -1.66. The van der Waals surface area contributed by atoms with E-state index in [1.54, 1.807) is 0 Å². The number of esters is 1. The predicted octanol–water partition coefficient (Wildman–Crippen LogP) is 17.5. The van der Waals surface area contributed by atoms with E-state index in [9.17, 15) is 19.8 Å². The van der Waals surface area contributed by atoms with Crippen LogP contribution in [-0.4, -0.2) is 47.4 Å². The van der Waals surface area contributed by atoms with Gasteiger partial charge in [0.2, 0.25) is 5.91 Å². The Morgan fingerprint density at radius 3 is 1.14 bits per heavy atom. The first kappa shape index (κ1) is 62.3. The quantitative estimate of drug-likeness (QED) is 0.0321. The van der Waals surface area contributed by atoms with Crippen molar-refractivity contribution in [3.8, 4) is 0 Å². The first-order valence-corrected chi connectivity index (χ1v) is 28.6. The van der Waals surface area contributed by atoms with Crippen molar-refractivity contribution in [2.75, 3.05) is 13.2 Å². The predicted molar refractivity (Wildman–Crippen MR) is 278 cm³/mol. The minimum atomic E-state index is -0.664. The highest BCUT2D eigenvalue weighted by molar-refractivity contribution is 5.76. The normalized spacial score (nSPS) is 12.8. The van der Waals surface area contributed by atoms with Gasteiger partial charge in [0.15, 0.2) is 0 Å². The van der Waals surface area contributed by atoms with Crippen molar-refractivity contribution < 1.29 is 24.5 Å². The van der Waals surface area contributed by atoms with Gasteiger partial charge in [0.1, 0.15) is 0 Å². The van der Waals surface area contributed by atoms with Crippen LogP contribution in [0.2, 0.25) is 0 Å². The molecule has 0 saturated carbocycles. The van der Waals surface area contributed by atoms with Gasteiger partial charge >= 0.3 is 5.97 Å². The van der Waals surface area contributed by atoms with Crippen molar-refractivity contribution in [2.45, 2.75) is 321 Å². The van der Waals surface area contributed by atoms with Crippen LogP contribution >= 0.6 is 0 Å². The Labute approximate surface area is 399 Å². The van der Waals surface area contributed by atoms with E-state index in [1.165, 1.54) is 231 Å². The maximum Gasteiger partial charge on any atom is 0.305 e. The number of aliphatic hydroxyl groups is 2. The zero-order valence-electron chi connectivity index (χ0n) is 43.0. The summed E-state index contributed by atoms with van der Waals surface area (Å²) in [6, 6.07) is -0.541. The highest BCUT2D eigenvalue weighted by Gasteiger charge is 2.20. The van der Waals surface area contributed by atoms with Crippen LogP contribution in [-0.2, 0) is 14.3 Å². The molecule has 6 heteroatoms. The summed E-state index contributed by atoms with van der Waals surface area (Å²) in [5, 5.41) is 23.1. The van der Waals surface area contributed by atoms with Gasteiger partial charge in [-0.1, -0.05) is 244 Å². The Morgan fingerprint density at radius 2 is 0.734 bits per heavy atom. The van der Waals surface area contributed by atoms with Crippen LogP contribution in [0, 0.1) is 0 Å². The fraction of sp³-hybridized carbons (Fsp3) is 0.897. The van der Waals surface area contributed by atoms with Gasteiger partial charge in [-0.2, -0.15) is 0 Å². The standard InChI is InChI=1S/C58H111NO5/c1-3-5-7-9-11-13-15-32-36-40-44-48-52-58(63)64-53-49-45-41-37-33-30-28-26-24-22-20-18-16-17-19-21-23-25-27-29-31-35-39-43-47-51-57(62)59-55(54-60)56(61)50-46-42-38-34-14-12-10-8-6-4-2/h11,13,17,19,55-56,60-61H,3-10,12,14-16,18,20-54H2,1-2H3,(H,59,62)/b13-11-,19-17-. The van der Waals surface area contributed by atoms with Crippen LogP contribution < -0.4 is 5.32 Å². The molecule has 0 radical (unpaired) electrons. The van der Waals surface area contributed by atoms with Crippen molar-refractivity contribution >= 4 is 11.9 Å². The van der Waals surface area contributed by atoms with Gasteiger partial charge in [-0.15, -0.1) is 0 Å². The first-order valence-electron chi connectivity index (χ1n) is 28.6. The fourth-order valence-corrected chi connectivity index (χ4v) is 8.81. The molecule has 6 nitrogen and oxygen atoms in total. The number of carbonyl (C=O) groups is 2. The van der Waals surface area contributed by atoms with Crippen LogP contribution in [0.5, 0.6) is 0 Å². The second kappa shape index (κ2) is 54.0. The highest BCUT2D eigenvalue weighted by Crippen LogP contribution is 2.17. The van der Waals surface area contributed by atoms with Gasteiger partial charge in [-0.3, -0.25) is 9.59 Å². The van der Waals surface area contributed by atoms with E-state index in [0.717, 1.165) is 44.9 Å². The van der Waals surface area contributed by atoms with E-state index in [-0.39, 0.29) is 18.5 Å². The molecule has 0 aromatic carbocycles. The maximum atomic E-state index is 12.4. The summed E-state index contributed by atoms with van der Waals surface area (Å²) in [5.41, 5.74) is 0. The van der Waals surface area contributed by atoms with Gasteiger partial charge in [0, 0.05) is 12.8 Å². The monoisotopic (exact) mass is 902 g/mol. The largest absolute Gasteiger partial charge is 0.466 e. The number of aliphatic hydroxyl groups excluding tert-OH is 2. The number of carbonyl (C=O) groups excluding carboxylic acids is 2. The molecule has 0 aromatic rings. The number of unbranched alkanes of at least 4 members (excludes halogenated alkanes) is 38. The molecule has 2 unspecified atom stereocenters. The Balaban J connectivity index is 3.38. The summed E-state index contributed by atoms with van der Waals surface area (Å²) in [6.07, 6.45) is 64.7. The zero-order valence-corrected chi connectivity index (χ0v) is 43.0. The fourth-order valence-electron chi connectivity index (χ4n) is 8.81. The second-order valence-electron chi connectivity index (χ2n) is 19.6. The van der Waals surface area contributed by atoms with E-state index in [1.807, 2.05) is 0 Å². The molecule has 0 spiro atoms. The molecule has 64 heavy (non-hydrogen) atoms. The lowest BCUT2D eigenvalue weighted by Crippen LogP contribution is -2.45. The van der Waals surface area contributed by atoms with Crippen molar-refractivity contribution in [2.24, 2.45) is 0 Å². The Kier molecular flexibility index (Phi) is 52.6. The minimum absolute atomic E-state index is 0.00318. The molecule has 0 aliphatic carbocycles. The van der Waals surface area contributed by atoms with Crippen LogP contribution in [0.25, 0.3) is 0 Å². The number of rotatable bonds is 53. The molecule has 0 heterocycles. The zero-order chi connectivity index (χ0) is 46.5. The lowest BCUT2D eigenvalue weighted by molar-refractivity contribution is -0.143. The third kappa shape index (κ3) is 49.8. The molecular formula is C58H111NO5. The van der Waals surface area contributed by atoms with Gasteiger partial charge in [0.25, 0.3) is 0 Å². The topological polar surface area (TPSA) is 95.9 Å². The third-order valence-corrected chi connectivity index (χ3v) is 13.2. The number of hydrogen-bond donors (Lipinski definition) is 3. The molecule has 0 fully saturated rings. The molecule has 378 valence electrons. The van der Waals surface area contributed by atoms with Crippen LogP contribution in [0.4, 0.5) is 0 Å². The van der Waals surface area contributed by atoms with Gasteiger partial charge in [-0.25, -0.2) is 0 Å². The smallest absolute Gasteiger partial charge is 0.305 e. The Morgan fingerprint density at radius 1 is 0.422 bits per heavy atom. The average Bonchev–Trinajstić information content (AvgIpc) is 3.29. The van der Waals surface area contributed by atoms with Crippen LogP contribution in [0.1, 0.15) is 309 Å². The van der Waals surface area contributed by atoms with E-state index < -0.39 is 12.1 Å². The maximum absolute atomic E-state index is 12.4. The van der Waals surface area contributed by atoms with Crippen molar-refractivity contribution in [3.63, 3.8) is 0 Å². The number of hydrogen-bond acceptors (Lipinski definition) is 5. The molecule has 3 N–H and O–H groups in total. The number of amides is 1. The summed E-state index contributed by atoms with van der Waals surface area (Å²) in [7, 11) is 0. The summed E-state index contributed by atoms with van der Waals surface area (Å²) in [4.78, 5) is 24.4. The van der Waals surface area contributed by atoms with Crippen molar-refractivity contribution in [1.29, 1.82) is 0 Å². The van der Waals surface area contributed by atoms with E-state index in [2.05, 4.69) is 43.5 Å². The molecule has 0 saturated heterocycles. The van der Waals surface area contributed by atoms with Crippen LogP contribution in [0.3, 0.4) is 0 Å². The molecule has 0 aromatic heterocycles. The van der Waals surface area contributed by atoms with Gasteiger partial charge in [0.05, 0.1) is 25.4 Å². The van der Waals surface area contributed by atoms with E-state index in [4.69, 9.17) is 4.74 Å². The van der Waals surface area contributed by atoms with E-state index in [0.29, 0.717) is 25.9 Å². The van der Waals surface area contributed by atoms with Gasteiger partial charge in [-0.05, 0) is 77.0 Å². The molecule has 0 rings (SSSR count). The van der Waals surface area contributed by atoms with Crippen molar-refractivity contribution in [3.05, 3.63) is 24.3 Å². The minimum Gasteiger partial charge on any atom is -0.466 e. The van der Waals surface area contributed by atoms with Crippen LogP contribution in [0.15, 0.2) is 24.3 Å². The number of nitrogens with one attached hydrogen (secondary N) is 1. The lowest BCUT2D eigenvalue weighted by atomic mass is 10.0. The summed E-state index contributed by atoms with van der Waals surface area (Å²) >= 11 is 0. The molecule has 0 bridgehead atoms. The van der Waals surface area contributed by atoms with E-state index >= 15 is 0 Å². The lowest BCUT2D eigenvalue weighted by Gasteiger charge is -2.22. The molecule has 0 aliphatic rings. The summed E-state index contributed by atoms with van der Waals surface area (Å²) in [5.74, 6) is -0.0362. The highest BCUT2D eigenvalue weighted by atomic mass is 16.5. The molecular weight excluding hydrogens is 791 g/mol. The van der Waals surface area contributed by atoms with Crippen molar-refractivity contribution in [1.82, 2.24) is 5.32 Å². The molecule has 1 amide bonds. The summed E-state index contributed by atoms with van der Waals surface area (Å²) in [6.45, 7) is 4.92. The Bertz CT molecular complexity index is 997. The second-order valence-corrected chi connectivity index (χ2v) is 19.6. The number of allylic oxidation sites excluding steroid dienone is 4. The molecule has 0 aliphatic heterocycles. The first-order chi connectivity index (χ1) is 31.5.